The van der Waals surface area contributed by atoms with Gasteiger partial charge in [-0.2, -0.15) is 8.78 Å². The van der Waals surface area contributed by atoms with Crippen molar-refractivity contribution in [2.75, 3.05) is 6.61 Å². The van der Waals surface area contributed by atoms with E-state index in [1.54, 1.807) is 26.8 Å². The molecule has 1 amide bonds. The van der Waals surface area contributed by atoms with E-state index < -0.39 is 30.3 Å². The van der Waals surface area contributed by atoms with Gasteiger partial charge in [0.1, 0.15) is 0 Å². The van der Waals surface area contributed by atoms with Gasteiger partial charge in [0.25, 0.3) is 0 Å². The standard InChI is InChI=1S/C15H21F2NO3/c1-10(19)11-7-5-6-8-12(11)15(16,17)9-21-13(20)18-14(2,3)4/h5-8,10,19H,9H2,1-4H3,(H,18,20). The molecular formula is C15H21F2NO3. The molecule has 2 N–H and O–H groups in total. The van der Waals surface area contributed by atoms with Gasteiger partial charge < -0.3 is 15.2 Å². The van der Waals surface area contributed by atoms with E-state index in [-0.39, 0.29) is 11.1 Å². The van der Waals surface area contributed by atoms with Crippen molar-refractivity contribution in [3.8, 4) is 0 Å². The van der Waals surface area contributed by atoms with Gasteiger partial charge in [0.2, 0.25) is 0 Å². The van der Waals surface area contributed by atoms with Gasteiger partial charge in [-0.05, 0) is 33.3 Å². The minimum atomic E-state index is -3.37. The number of alkyl carbamates (subject to hydrolysis) is 1. The summed E-state index contributed by atoms with van der Waals surface area (Å²) in [5, 5.41) is 12.0. The molecule has 1 aromatic carbocycles. The third-order valence-electron chi connectivity index (χ3n) is 2.67. The van der Waals surface area contributed by atoms with Crippen LogP contribution in [0.4, 0.5) is 13.6 Å². The Kier molecular flexibility index (Phi) is 5.28. The van der Waals surface area contributed by atoms with Crippen LogP contribution in [0.1, 0.15) is 44.9 Å². The van der Waals surface area contributed by atoms with Crippen LogP contribution in [0.25, 0.3) is 0 Å². The van der Waals surface area contributed by atoms with Crippen molar-refractivity contribution < 1.29 is 23.4 Å². The quantitative estimate of drug-likeness (QED) is 0.896. The number of hydrogen-bond donors (Lipinski definition) is 2. The molecule has 1 aromatic rings. The van der Waals surface area contributed by atoms with Crippen LogP contribution in [0.15, 0.2) is 24.3 Å². The summed E-state index contributed by atoms with van der Waals surface area (Å²) in [4.78, 5) is 11.4. The summed E-state index contributed by atoms with van der Waals surface area (Å²) in [6.45, 7) is 5.47. The number of carbonyl (C=O) groups excluding carboxylic acids is 1. The van der Waals surface area contributed by atoms with Crippen LogP contribution in [-0.2, 0) is 10.7 Å². The van der Waals surface area contributed by atoms with Crippen LogP contribution in [-0.4, -0.2) is 23.3 Å². The van der Waals surface area contributed by atoms with Crippen LogP contribution in [0.3, 0.4) is 0 Å². The first kappa shape index (κ1) is 17.4. The lowest BCUT2D eigenvalue weighted by Crippen LogP contribution is -2.42. The number of alkyl halides is 2. The predicted molar refractivity (Wildman–Crippen MR) is 75.2 cm³/mol. The number of ether oxygens (including phenoxy) is 1. The fourth-order valence-electron chi connectivity index (χ4n) is 1.77. The van der Waals surface area contributed by atoms with Crippen molar-refractivity contribution in [2.45, 2.75) is 45.3 Å². The maximum Gasteiger partial charge on any atom is 0.407 e. The van der Waals surface area contributed by atoms with Crippen molar-refractivity contribution in [3.05, 3.63) is 35.4 Å². The Morgan fingerprint density at radius 2 is 1.90 bits per heavy atom. The average Bonchev–Trinajstić information content (AvgIpc) is 2.34. The lowest BCUT2D eigenvalue weighted by molar-refractivity contribution is -0.0628. The van der Waals surface area contributed by atoms with E-state index in [4.69, 9.17) is 0 Å². The van der Waals surface area contributed by atoms with Gasteiger partial charge in [0.15, 0.2) is 6.61 Å². The van der Waals surface area contributed by atoms with E-state index in [0.29, 0.717) is 0 Å². The molecule has 0 aliphatic heterocycles. The normalized spacial score (nSPS) is 13.7. The molecular weight excluding hydrogens is 280 g/mol. The Bertz CT molecular complexity index is 496. The molecule has 0 bridgehead atoms. The number of amides is 1. The number of carbonyl (C=O) groups is 1. The summed E-state index contributed by atoms with van der Waals surface area (Å²) in [6, 6.07) is 5.65. The molecule has 1 unspecified atom stereocenters. The average molecular weight is 301 g/mol. The smallest absolute Gasteiger partial charge is 0.407 e. The van der Waals surface area contributed by atoms with Gasteiger partial charge >= 0.3 is 12.0 Å². The molecule has 0 aliphatic rings. The highest BCUT2D eigenvalue weighted by atomic mass is 19.3. The summed E-state index contributed by atoms with van der Waals surface area (Å²) < 4.78 is 32.9. The van der Waals surface area contributed by atoms with E-state index in [1.165, 1.54) is 25.1 Å². The van der Waals surface area contributed by atoms with Gasteiger partial charge in [0.05, 0.1) is 6.10 Å². The van der Waals surface area contributed by atoms with Crippen LogP contribution in [0.2, 0.25) is 0 Å². The number of aliphatic hydroxyl groups excluding tert-OH is 1. The van der Waals surface area contributed by atoms with Gasteiger partial charge in [-0.1, -0.05) is 24.3 Å². The van der Waals surface area contributed by atoms with Crippen molar-refractivity contribution in [1.29, 1.82) is 0 Å². The monoisotopic (exact) mass is 301 g/mol. The molecule has 0 aliphatic carbocycles. The number of nitrogens with one attached hydrogen (secondary N) is 1. The second-order valence-electron chi connectivity index (χ2n) is 5.92. The molecule has 0 saturated carbocycles. The molecule has 118 valence electrons. The molecule has 0 saturated heterocycles. The first-order valence-electron chi connectivity index (χ1n) is 6.63. The Hall–Kier alpha value is -1.69. The molecule has 1 atom stereocenters. The van der Waals surface area contributed by atoms with E-state index in [9.17, 15) is 18.7 Å². The molecule has 0 fully saturated rings. The minimum absolute atomic E-state index is 0.113. The second kappa shape index (κ2) is 6.39. The summed E-state index contributed by atoms with van der Waals surface area (Å²) in [5.74, 6) is -3.37. The number of aliphatic hydroxyl groups is 1. The molecule has 4 nitrogen and oxygen atoms in total. The van der Waals surface area contributed by atoms with Crippen molar-refractivity contribution in [1.82, 2.24) is 5.32 Å². The van der Waals surface area contributed by atoms with Gasteiger partial charge in [-0.25, -0.2) is 4.79 Å². The summed E-state index contributed by atoms with van der Waals surface area (Å²) in [5.41, 5.74) is -0.796. The van der Waals surface area contributed by atoms with Gasteiger partial charge in [0, 0.05) is 11.1 Å². The maximum atomic E-state index is 14.2. The zero-order valence-electron chi connectivity index (χ0n) is 12.6. The van der Waals surface area contributed by atoms with Gasteiger partial charge in [-0.15, -0.1) is 0 Å². The first-order valence-corrected chi connectivity index (χ1v) is 6.63. The van der Waals surface area contributed by atoms with E-state index in [1.807, 2.05) is 0 Å². The highest BCUT2D eigenvalue weighted by Crippen LogP contribution is 2.33. The minimum Gasteiger partial charge on any atom is -0.443 e. The highest BCUT2D eigenvalue weighted by Gasteiger charge is 2.36. The molecule has 0 aromatic heterocycles. The Morgan fingerprint density at radius 3 is 2.43 bits per heavy atom. The predicted octanol–water partition coefficient (Wildman–Crippen LogP) is 3.36. The largest absolute Gasteiger partial charge is 0.443 e. The van der Waals surface area contributed by atoms with Crippen LogP contribution in [0.5, 0.6) is 0 Å². The van der Waals surface area contributed by atoms with Crippen molar-refractivity contribution in [2.24, 2.45) is 0 Å². The number of rotatable bonds is 4. The van der Waals surface area contributed by atoms with E-state index in [0.717, 1.165) is 0 Å². The van der Waals surface area contributed by atoms with Gasteiger partial charge in [-0.3, -0.25) is 0 Å². The Morgan fingerprint density at radius 1 is 1.33 bits per heavy atom. The molecule has 6 heteroatoms. The van der Waals surface area contributed by atoms with Crippen LogP contribution in [0, 0.1) is 0 Å². The molecule has 0 radical (unpaired) electrons. The zero-order chi connectivity index (χ0) is 16.3. The fourth-order valence-corrected chi connectivity index (χ4v) is 1.77. The highest BCUT2D eigenvalue weighted by molar-refractivity contribution is 5.68. The molecule has 21 heavy (non-hydrogen) atoms. The van der Waals surface area contributed by atoms with Crippen molar-refractivity contribution in [3.63, 3.8) is 0 Å². The Balaban J connectivity index is 2.81. The number of benzene rings is 1. The molecule has 1 rings (SSSR count). The fraction of sp³-hybridized carbons (Fsp3) is 0.533. The van der Waals surface area contributed by atoms with E-state index >= 15 is 0 Å². The topological polar surface area (TPSA) is 58.6 Å². The number of hydrogen-bond acceptors (Lipinski definition) is 3. The van der Waals surface area contributed by atoms with Crippen molar-refractivity contribution >= 4 is 6.09 Å². The van der Waals surface area contributed by atoms with Crippen LogP contribution < -0.4 is 5.32 Å². The maximum absolute atomic E-state index is 14.2. The van der Waals surface area contributed by atoms with E-state index in [2.05, 4.69) is 10.1 Å². The lowest BCUT2D eigenvalue weighted by atomic mass is 9.98. The lowest BCUT2D eigenvalue weighted by Gasteiger charge is -2.23. The molecule has 0 spiro atoms. The third-order valence-corrected chi connectivity index (χ3v) is 2.67. The summed E-state index contributed by atoms with van der Waals surface area (Å²) in [6.07, 6.45) is -1.94. The second-order valence-corrected chi connectivity index (χ2v) is 5.92. The SMILES string of the molecule is CC(O)c1ccccc1C(F)(F)COC(=O)NC(C)(C)C. The summed E-state index contributed by atoms with van der Waals surface area (Å²) in [7, 11) is 0. The first-order chi connectivity index (χ1) is 9.53. The number of halogens is 2. The zero-order valence-corrected chi connectivity index (χ0v) is 12.6. The third kappa shape index (κ3) is 5.30. The molecule has 0 heterocycles. The Labute approximate surface area is 123 Å². The summed E-state index contributed by atoms with van der Waals surface area (Å²) >= 11 is 0. The van der Waals surface area contributed by atoms with Crippen LogP contribution >= 0.6 is 0 Å².